The Balaban J connectivity index is 4.03. The first-order chi connectivity index (χ1) is 34.0. The van der Waals surface area contributed by atoms with Gasteiger partial charge in [-0.25, -0.2) is 4.57 Å². The molecule has 0 aromatic heterocycles. The molecule has 3 N–H and O–H groups in total. The lowest BCUT2D eigenvalue weighted by Crippen LogP contribution is -2.46. The van der Waals surface area contributed by atoms with Crippen molar-refractivity contribution in [2.24, 2.45) is 0 Å². The monoisotopic (exact) mass is 1010 g/mol. The number of carbonyl (C=O) groups excluding carboxylic acids is 1. The van der Waals surface area contributed by atoms with Gasteiger partial charge in [0.1, 0.15) is 13.2 Å². The molecular weight excluding hydrogens is 888 g/mol. The summed E-state index contributed by atoms with van der Waals surface area (Å²) in [5, 5.41) is 14.1. The van der Waals surface area contributed by atoms with Gasteiger partial charge in [-0.15, -0.1) is 0 Å². The van der Waals surface area contributed by atoms with E-state index < -0.39 is 20.0 Å². The summed E-state index contributed by atoms with van der Waals surface area (Å²) in [7, 11) is 1.64. The maximum absolute atomic E-state index is 13.0. The first kappa shape index (κ1) is 69.5. The Morgan fingerprint density at radius 1 is 0.429 bits per heavy atom. The van der Waals surface area contributed by atoms with Crippen molar-refractivity contribution in [3.05, 3.63) is 0 Å². The van der Waals surface area contributed by atoms with Gasteiger partial charge in [-0.2, -0.15) is 0 Å². The summed E-state index contributed by atoms with van der Waals surface area (Å²) in [6.45, 7) is 4.95. The fourth-order valence-electron chi connectivity index (χ4n) is 9.93. The molecule has 0 aliphatic carbocycles. The van der Waals surface area contributed by atoms with Crippen molar-refractivity contribution in [3.63, 3.8) is 0 Å². The van der Waals surface area contributed by atoms with Gasteiger partial charge < -0.3 is 19.8 Å². The standard InChI is InChI=1S/C61H125N2O6P/c1-6-8-10-12-14-16-18-20-22-24-26-27-28-29-30-31-32-33-34-35-37-38-40-42-44-46-48-50-52-54-60(64)59(58-69-70(66,67)68-57-56-63(3,4)5)62-61(65)55-53-51-49-47-45-43-41-39-36-25-23-21-19-17-15-13-11-9-7-2/h59-60,64H,6-58H2,1-5H3,(H-,62,65,66,67)/p+1. The number of likely N-dealkylation sites (N-methyl/N-ethyl adjacent to an activating group) is 1. The van der Waals surface area contributed by atoms with Gasteiger partial charge in [-0.3, -0.25) is 13.8 Å². The number of quaternary nitrogens is 1. The second kappa shape index (κ2) is 53.3. The van der Waals surface area contributed by atoms with Crippen molar-refractivity contribution in [2.45, 2.75) is 347 Å². The number of nitrogens with zero attached hydrogens (tertiary/aromatic N) is 1. The maximum atomic E-state index is 13.0. The van der Waals surface area contributed by atoms with Crippen LogP contribution in [0.1, 0.15) is 335 Å². The molecule has 1 amide bonds. The number of aliphatic hydroxyl groups is 1. The molecule has 0 radical (unpaired) electrons. The minimum atomic E-state index is -4.32. The Kier molecular flexibility index (Phi) is 52.9. The van der Waals surface area contributed by atoms with E-state index in [1.807, 2.05) is 21.1 Å². The molecule has 0 saturated carbocycles. The van der Waals surface area contributed by atoms with Crippen molar-refractivity contribution in [3.8, 4) is 0 Å². The van der Waals surface area contributed by atoms with Crippen LogP contribution in [0.25, 0.3) is 0 Å². The molecule has 0 heterocycles. The molecule has 0 saturated heterocycles. The Morgan fingerprint density at radius 2 is 0.686 bits per heavy atom. The summed E-state index contributed by atoms with van der Waals surface area (Å²) in [5.74, 6) is -0.135. The van der Waals surface area contributed by atoms with Crippen LogP contribution in [0.15, 0.2) is 0 Å². The number of rotatable bonds is 59. The molecule has 0 aliphatic heterocycles. The molecule has 0 bridgehead atoms. The number of phosphoric acid groups is 1. The summed E-state index contributed by atoms with van der Waals surface area (Å²) in [4.78, 5) is 23.4. The summed E-state index contributed by atoms with van der Waals surface area (Å²) >= 11 is 0. The molecule has 3 unspecified atom stereocenters. The maximum Gasteiger partial charge on any atom is 0.472 e. The second-order valence-electron chi connectivity index (χ2n) is 23.2. The first-order valence-electron chi connectivity index (χ1n) is 31.4. The van der Waals surface area contributed by atoms with Crippen LogP contribution < -0.4 is 5.32 Å². The zero-order valence-corrected chi connectivity index (χ0v) is 48.9. The second-order valence-corrected chi connectivity index (χ2v) is 24.6. The van der Waals surface area contributed by atoms with Crippen molar-refractivity contribution >= 4 is 13.7 Å². The van der Waals surface area contributed by atoms with Crippen molar-refractivity contribution in [1.82, 2.24) is 5.32 Å². The highest BCUT2D eigenvalue weighted by Crippen LogP contribution is 2.43. The predicted octanol–water partition coefficient (Wildman–Crippen LogP) is 19.2. The van der Waals surface area contributed by atoms with Gasteiger partial charge in [-0.1, -0.05) is 316 Å². The third-order valence-electron chi connectivity index (χ3n) is 14.9. The van der Waals surface area contributed by atoms with Crippen LogP contribution in [0.5, 0.6) is 0 Å². The number of aliphatic hydroxyl groups excluding tert-OH is 1. The number of hydrogen-bond donors (Lipinski definition) is 3. The van der Waals surface area contributed by atoms with E-state index in [4.69, 9.17) is 9.05 Å². The van der Waals surface area contributed by atoms with E-state index in [2.05, 4.69) is 19.2 Å². The molecule has 0 fully saturated rings. The average molecular weight is 1010 g/mol. The Bertz CT molecular complexity index is 1100. The van der Waals surface area contributed by atoms with Gasteiger partial charge in [0.15, 0.2) is 0 Å². The fourth-order valence-corrected chi connectivity index (χ4v) is 10.7. The van der Waals surface area contributed by atoms with Crippen LogP contribution in [0, 0.1) is 0 Å². The molecule has 0 aliphatic rings. The lowest BCUT2D eigenvalue weighted by Gasteiger charge is -2.26. The average Bonchev–Trinajstić information content (AvgIpc) is 3.32. The van der Waals surface area contributed by atoms with Crippen LogP contribution in [-0.2, 0) is 18.4 Å². The van der Waals surface area contributed by atoms with Crippen LogP contribution in [-0.4, -0.2) is 73.4 Å². The number of hydrogen-bond acceptors (Lipinski definition) is 5. The minimum absolute atomic E-state index is 0.0793. The molecule has 0 spiro atoms. The number of amides is 1. The van der Waals surface area contributed by atoms with E-state index in [1.165, 1.54) is 270 Å². The Labute approximate surface area is 438 Å². The largest absolute Gasteiger partial charge is 0.472 e. The summed E-state index contributed by atoms with van der Waals surface area (Å²) in [6.07, 6.45) is 64.6. The van der Waals surface area contributed by atoms with Crippen molar-refractivity contribution in [1.29, 1.82) is 0 Å². The van der Waals surface area contributed by atoms with Gasteiger partial charge in [0.2, 0.25) is 5.91 Å². The van der Waals surface area contributed by atoms with Gasteiger partial charge in [0.05, 0.1) is 39.9 Å². The van der Waals surface area contributed by atoms with Gasteiger partial charge in [0.25, 0.3) is 0 Å². The van der Waals surface area contributed by atoms with E-state index in [9.17, 15) is 19.4 Å². The van der Waals surface area contributed by atoms with Crippen LogP contribution in [0.2, 0.25) is 0 Å². The normalized spacial score (nSPS) is 13.8. The number of phosphoric ester groups is 1. The third-order valence-corrected chi connectivity index (χ3v) is 15.8. The molecule has 0 rings (SSSR count). The zero-order chi connectivity index (χ0) is 51.3. The highest BCUT2D eigenvalue weighted by molar-refractivity contribution is 7.47. The third kappa shape index (κ3) is 55.3. The molecule has 3 atom stereocenters. The predicted molar refractivity (Wildman–Crippen MR) is 305 cm³/mol. The number of unbranched alkanes of at least 4 members (excludes halogenated alkanes) is 46. The van der Waals surface area contributed by atoms with Crippen LogP contribution >= 0.6 is 7.82 Å². The molecule has 0 aromatic carbocycles. The quantitative estimate of drug-likeness (QED) is 0.0318. The molecular formula is C61H126N2O6P+. The fraction of sp³-hybridized carbons (Fsp3) is 0.984. The highest BCUT2D eigenvalue weighted by atomic mass is 31.2. The smallest absolute Gasteiger partial charge is 0.391 e. The highest BCUT2D eigenvalue weighted by Gasteiger charge is 2.28. The van der Waals surface area contributed by atoms with Crippen molar-refractivity contribution < 1.29 is 32.9 Å². The molecule has 8 nitrogen and oxygen atoms in total. The summed E-state index contributed by atoms with van der Waals surface area (Å²) in [5.41, 5.74) is 0. The van der Waals surface area contributed by atoms with Crippen LogP contribution in [0.3, 0.4) is 0 Å². The van der Waals surface area contributed by atoms with E-state index in [1.54, 1.807) is 0 Å². The SMILES string of the molecule is CCCCCCCCCCCCCCCCCCCCCCCCCCCCCCCC(O)C(COP(=O)(O)OCC[N+](C)(C)C)NC(=O)CCCCCCCCCCCCCCCCCCCCC. The van der Waals surface area contributed by atoms with Gasteiger partial charge in [-0.05, 0) is 12.8 Å². The van der Waals surface area contributed by atoms with E-state index >= 15 is 0 Å². The number of carbonyl (C=O) groups is 1. The molecule has 420 valence electrons. The van der Waals surface area contributed by atoms with E-state index in [0.29, 0.717) is 23.9 Å². The lowest BCUT2D eigenvalue weighted by atomic mass is 10.0. The van der Waals surface area contributed by atoms with E-state index in [-0.39, 0.29) is 19.1 Å². The van der Waals surface area contributed by atoms with Crippen molar-refractivity contribution in [2.75, 3.05) is 40.9 Å². The van der Waals surface area contributed by atoms with E-state index in [0.717, 1.165) is 38.5 Å². The molecule has 9 heteroatoms. The lowest BCUT2D eigenvalue weighted by molar-refractivity contribution is -0.870. The number of nitrogens with one attached hydrogen (secondary N) is 1. The zero-order valence-electron chi connectivity index (χ0n) is 48.1. The van der Waals surface area contributed by atoms with Crippen LogP contribution in [0.4, 0.5) is 0 Å². The minimum Gasteiger partial charge on any atom is -0.391 e. The molecule has 70 heavy (non-hydrogen) atoms. The molecule has 0 aromatic rings. The van der Waals surface area contributed by atoms with Gasteiger partial charge in [0, 0.05) is 6.42 Å². The Morgan fingerprint density at radius 3 is 0.957 bits per heavy atom. The summed E-state index contributed by atoms with van der Waals surface area (Å²) in [6, 6.07) is -0.755. The summed E-state index contributed by atoms with van der Waals surface area (Å²) < 4.78 is 23.8. The first-order valence-corrected chi connectivity index (χ1v) is 32.9. The Hall–Kier alpha value is -0.500. The topological polar surface area (TPSA) is 105 Å². The van der Waals surface area contributed by atoms with Gasteiger partial charge >= 0.3 is 7.82 Å².